The maximum absolute atomic E-state index is 13.6. The molecule has 1 saturated heterocycles. The summed E-state index contributed by atoms with van der Waals surface area (Å²) in [5.41, 5.74) is 2.13. The number of benzene rings is 2. The molecule has 3 amide bonds. The minimum Gasteiger partial charge on any atom is -0.497 e. The number of carbonyl (C=O) groups is 2. The van der Waals surface area contributed by atoms with E-state index in [9.17, 15) is 14.0 Å². The highest BCUT2D eigenvalue weighted by Gasteiger charge is 2.38. The van der Waals surface area contributed by atoms with E-state index in [2.05, 4.69) is 27.5 Å². The Labute approximate surface area is 218 Å². The summed E-state index contributed by atoms with van der Waals surface area (Å²) in [5, 5.41) is 9.26. The number of hydrogen-bond acceptors (Lipinski definition) is 7. The minimum atomic E-state index is -0.775. The molecule has 0 aromatic heterocycles. The van der Waals surface area contributed by atoms with E-state index in [0.29, 0.717) is 40.0 Å². The molecule has 2 aromatic carbocycles. The molecular formula is C25H26ClFN6O4. The lowest BCUT2D eigenvalue weighted by Gasteiger charge is -2.40. The van der Waals surface area contributed by atoms with Crippen LogP contribution < -0.4 is 30.3 Å². The highest BCUT2D eigenvalue weighted by Crippen LogP contribution is 2.40. The third kappa shape index (κ3) is 5.31. The molecule has 37 heavy (non-hydrogen) atoms. The number of alkyl halides is 1. The first-order chi connectivity index (χ1) is 17.9. The molecule has 1 unspecified atom stereocenters. The van der Waals surface area contributed by atoms with Crippen LogP contribution in [0.5, 0.6) is 11.5 Å². The molecule has 3 N–H and O–H groups in total. The van der Waals surface area contributed by atoms with Gasteiger partial charge >= 0.3 is 6.03 Å². The Bertz CT molecular complexity index is 1280. The fourth-order valence-corrected chi connectivity index (χ4v) is 4.23. The SMILES string of the molecule is C=CC(=O)Nc1ccccc1NC1N=C2C(=CN1)CN(c1cc(OC)cc(OC)c1Cl)C(=O)N2CCF. The van der Waals surface area contributed by atoms with E-state index >= 15 is 0 Å². The summed E-state index contributed by atoms with van der Waals surface area (Å²) in [4.78, 5) is 32.6. The van der Waals surface area contributed by atoms with Gasteiger partial charge in [0.2, 0.25) is 5.91 Å². The van der Waals surface area contributed by atoms with Crippen LogP contribution in [0.4, 0.5) is 26.2 Å². The highest BCUT2D eigenvalue weighted by atomic mass is 35.5. The van der Waals surface area contributed by atoms with Crippen LogP contribution in [-0.2, 0) is 4.79 Å². The van der Waals surface area contributed by atoms with Gasteiger partial charge in [0.25, 0.3) is 0 Å². The van der Waals surface area contributed by atoms with E-state index < -0.39 is 19.0 Å². The van der Waals surface area contributed by atoms with Crippen molar-refractivity contribution >= 4 is 46.4 Å². The number of aliphatic imine (C=N–C) groups is 1. The molecule has 2 heterocycles. The predicted molar refractivity (Wildman–Crippen MR) is 141 cm³/mol. The minimum absolute atomic E-state index is 0.127. The van der Waals surface area contributed by atoms with Gasteiger partial charge < -0.3 is 25.4 Å². The second-order valence-corrected chi connectivity index (χ2v) is 8.32. The number of carbonyl (C=O) groups excluding carboxylic acids is 2. The van der Waals surface area contributed by atoms with Crippen LogP contribution in [-0.4, -0.2) is 62.9 Å². The number of hydrogen-bond donors (Lipinski definition) is 3. The largest absolute Gasteiger partial charge is 0.497 e. The quantitative estimate of drug-likeness (QED) is 0.425. The summed E-state index contributed by atoms with van der Waals surface area (Å²) in [6.45, 7) is 2.61. The smallest absolute Gasteiger partial charge is 0.330 e. The van der Waals surface area contributed by atoms with Gasteiger partial charge in [0.15, 0.2) is 6.29 Å². The van der Waals surface area contributed by atoms with E-state index in [1.54, 1.807) is 42.6 Å². The molecule has 0 bridgehead atoms. The van der Waals surface area contributed by atoms with Crippen LogP contribution in [0.15, 0.2) is 65.8 Å². The van der Waals surface area contributed by atoms with Crippen molar-refractivity contribution in [3.05, 3.63) is 65.8 Å². The Morgan fingerprint density at radius 3 is 2.73 bits per heavy atom. The maximum atomic E-state index is 13.6. The summed E-state index contributed by atoms with van der Waals surface area (Å²) < 4.78 is 24.2. The summed E-state index contributed by atoms with van der Waals surface area (Å²) in [7, 11) is 2.96. The maximum Gasteiger partial charge on any atom is 0.330 e. The number of halogens is 2. The van der Waals surface area contributed by atoms with Gasteiger partial charge in [-0.25, -0.2) is 14.2 Å². The number of urea groups is 1. The number of para-hydroxylation sites is 2. The number of ether oxygens (including phenoxy) is 2. The van der Waals surface area contributed by atoms with Gasteiger partial charge in [0, 0.05) is 23.9 Å². The number of methoxy groups -OCH3 is 2. The lowest BCUT2D eigenvalue weighted by molar-refractivity contribution is -0.111. The Balaban J connectivity index is 1.64. The number of amides is 3. The predicted octanol–water partition coefficient (Wildman–Crippen LogP) is 3.97. The zero-order valence-corrected chi connectivity index (χ0v) is 21.0. The van der Waals surface area contributed by atoms with E-state index in [0.717, 1.165) is 0 Å². The monoisotopic (exact) mass is 528 g/mol. The molecule has 2 aliphatic heterocycles. The lowest BCUT2D eigenvalue weighted by Crippen LogP contribution is -2.57. The number of amidine groups is 1. The van der Waals surface area contributed by atoms with Crippen LogP contribution >= 0.6 is 11.6 Å². The average Bonchev–Trinajstić information content (AvgIpc) is 2.91. The number of anilines is 3. The molecule has 1 fully saturated rings. The molecule has 2 aromatic rings. The van der Waals surface area contributed by atoms with Crippen molar-refractivity contribution in [2.45, 2.75) is 6.29 Å². The molecule has 2 aliphatic rings. The first kappa shape index (κ1) is 25.8. The molecule has 10 nitrogen and oxygen atoms in total. The molecule has 194 valence electrons. The van der Waals surface area contributed by atoms with Gasteiger partial charge in [-0.15, -0.1) is 0 Å². The van der Waals surface area contributed by atoms with Crippen LogP contribution in [0.25, 0.3) is 0 Å². The standard InChI is InChI=1S/C25H26ClFN6O4/c1-4-21(34)29-17-7-5-6-8-18(17)30-24-28-13-15-14-33(25(35)32(10-9-27)23(15)31-24)19-11-16(36-2)12-20(37-3)22(19)26/h4-8,11-13,24,28,30H,1,9-10,14H2,2-3H3,(H,29,34). The zero-order valence-electron chi connectivity index (χ0n) is 20.3. The summed E-state index contributed by atoms with van der Waals surface area (Å²) in [5.74, 6) is 0.748. The van der Waals surface area contributed by atoms with Gasteiger partial charge in [0.1, 0.15) is 29.0 Å². The Morgan fingerprint density at radius 1 is 1.30 bits per heavy atom. The molecule has 1 atom stereocenters. The Morgan fingerprint density at radius 2 is 2.05 bits per heavy atom. The van der Waals surface area contributed by atoms with Crippen molar-refractivity contribution in [3.63, 3.8) is 0 Å². The van der Waals surface area contributed by atoms with Crippen molar-refractivity contribution in [1.82, 2.24) is 10.2 Å². The summed E-state index contributed by atoms with van der Waals surface area (Å²) >= 11 is 6.53. The van der Waals surface area contributed by atoms with Gasteiger partial charge in [-0.05, 0) is 18.2 Å². The highest BCUT2D eigenvalue weighted by molar-refractivity contribution is 6.35. The van der Waals surface area contributed by atoms with E-state index in [1.807, 2.05) is 0 Å². The molecule has 0 radical (unpaired) electrons. The van der Waals surface area contributed by atoms with Crippen LogP contribution in [0, 0.1) is 0 Å². The second kappa shape index (κ2) is 11.2. The fourth-order valence-electron chi connectivity index (χ4n) is 3.94. The second-order valence-electron chi connectivity index (χ2n) is 7.95. The van der Waals surface area contributed by atoms with Gasteiger partial charge in [-0.3, -0.25) is 14.6 Å². The Kier molecular flexibility index (Phi) is 7.83. The fraction of sp³-hybridized carbons (Fsp3) is 0.240. The number of fused-ring (bicyclic) bond motifs is 1. The molecule has 0 aliphatic carbocycles. The molecular weight excluding hydrogens is 503 g/mol. The van der Waals surface area contributed by atoms with Crippen LogP contribution in [0.3, 0.4) is 0 Å². The van der Waals surface area contributed by atoms with E-state index in [4.69, 9.17) is 21.1 Å². The number of nitrogens with one attached hydrogen (secondary N) is 3. The third-order valence-electron chi connectivity index (χ3n) is 5.71. The topological polar surface area (TPSA) is 108 Å². The average molecular weight is 529 g/mol. The van der Waals surface area contributed by atoms with Crippen molar-refractivity contribution in [3.8, 4) is 11.5 Å². The van der Waals surface area contributed by atoms with Gasteiger partial charge in [0.05, 0.1) is 44.4 Å². The van der Waals surface area contributed by atoms with Gasteiger partial charge in [-0.2, -0.15) is 0 Å². The van der Waals surface area contributed by atoms with E-state index in [1.165, 1.54) is 30.1 Å². The number of rotatable bonds is 9. The van der Waals surface area contributed by atoms with Crippen molar-refractivity contribution in [2.24, 2.45) is 4.99 Å². The zero-order chi connectivity index (χ0) is 26.5. The van der Waals surface area contributed by atoms with Crippen LogP contribution in [0.1, 0.15) is 0 Å². The molecule has 0 spiro atoms. The molecule has 4 rings (SSSR count). The van der Waals surface area contributed by atoms with E-state index in [-0.39, 0.29) is 24.0 Å². The summed E-state index contributed by atoms with van der Waals surface area (Å²) in [6, 6.07) is 9.80. The third-order valence-corrected chi connectivity index (χ3v) is 6.09. The molecule has 12 heteroatoms. The number of nitrogens with zero attached hydrogens (tertiary/aromatic N) is 3. The lowest BCUT2D eigenvalue weighted by atomic mass is 10.1. The normalized spacial score (nSPS) is 16.6. The molecule has 0 saturated carbocycles. The van der Waals surface area contributed by atoms with Crippen molar-refractivity contribution in [1.29, 1.82) is 0 Å². The summed E-state index contributed by atoms with van der Waals surface area (Å²) in [6.07, 6.45) is 2.19. The van der Waals surface area contributed by atoms with Crippen molar-refractivity contribution in [2.75, 3.05) is 49.5 Å². The first-order valence-electron chi connectivity index (χ1n) is 11.3. The van der Waals surface area contributed by atoms with Crippen molar-refractivity contribution < 1.29 is 23.5 Å². The van der Waals surface area contributed by atoms with Gasteiger partial charge in [-0.1, -0.05) is 30.3 Å². The Hall–Kier alpha value is -4.25. The van der Waals surface area contributed by atoms with Crippen LogP contribution in [0.2, 0.25) is 5.02 Å². The first-order valence-corrected chi connectivity index (χ1v) is 11.7.